The highest BCUT2D eigenvalue weighted by atomic mass is 32.2. The van der Waals surface area contributed by atoms with Crippen LogP contribution in [0.25, 0.3) is 0 Å². The van der Waals surface area contributed by atoms with Gasteiger partial charge >= 0.3 is 0 Å². The van der Waals surface area contributed by atoms with Crippen molar-refractivity contribution in [2.45, 2.75) is 38.9 Å². The fourth-order valence-electron chi connectivity index (χ4n) is 2.57. The van der Waals surface area contributed by atoms with Crippen LogP contribution >= 0.6 is 0 Å². The van der Waals surface area contributed by atoms with Gasteiger partial charge in [0, 0.05) is 18.8 Å². The molecule has 0 radical (unpaired) electrons. The maximum atomic E-state index is 12.4. The van der Waals surface area contributed by atoms with Crippen LogP contribution in [-0.4, -0.2) is 25.8 Å². The molecule has 1 aromatic rings. The standard InChI is InChI=1S/C15H24N2O2S/c1-3-15(2)8-10-17(11-9-15)20(18,19)12-13-4-6-14(16)7-5-13/h4-7H,3,8-12,16H2,1-2H3. The lowest BCUT2D eigenvalue weighted by Gasteiger charge is -2.38. The molecule has 1 heterocycles. The molecule has 0 aliphatic carbocycles. The van der Waals surface area contributed by atoms with Gasteiger partial charge in [-0.1, -0.05) is 32.4 Å². The van der Waals surface area contributed by atoms with E-state index in [4.69, 9.17) is 5.73 Å². The minimum atomic E-state index is -3.22. The first-order valence-electron chi connectivity index (χ1n) is 7.17. The van der Waals surface area contributed by atoms with Crippen molar-refractivity contribution in [2.24, 2.45) is 5.41 Å². The molecule has 0 spiro atoms. The molecule has 0 saturated carbocycles. The quantitative estimate of drug-likeness (QED) is 0.869. The number of piperidine rings is 1. The molecule has 2 N–H and O–H groups in total. The van der Waals surface area contributed by atoms with Gasteiger partial charge in [0.05, 0.1) is 5.75 Å². The number of sulfonamides is 1. The largest absolute Gasteiger partial charge is 0.399 e. The molecule has 0 bridgehead atoms. The van der Waals surface area contributed by atoms with E-state index in [1.165, 1.54) is 0 Å². The summed E-state index contributed by atoms with van der Waals surface area (Å²) in [5.74, 6) is 0.0656. The van der Waals surface area contributed by atoms with Gasteiger partial charge in [-0.3, -0.25) is 0 Å². The summed E-state index contributed by atoms with van der Waals surface area (Å²) in [7, 11) is -3.22. The van der Waals surface area contributed by atoms with Crippen molar-refractivity contribution < 1.29 is 8.42 Å². The molecule has 0 aromatic heterocycles. The van der Waals surface area contributed by atoms with Gasteiger partial charge in [-0.15, -0.1) is 0 Å². The Hall–Kier alpha value is -1.07. The van der Waals surface area contributed by atoms with Gasteiger partial charge in [0.2, 0.25) is 10.0 Å². The molecule has 0 unspecified atom stereocenters. The van der Waals surface area contributed by atoms with Crippen LogP contribution in [0.15, 0.2) is 24.3 Å². The van der Waals surface area contributed by atoms with E-state index in [9.17, 15) is 8.42 Å². The summed E-state index contributed by atoms with van der Waals surface area (Å²) in [6.07, 6.45) is 3.01. The minimum Gasteiger partial charge on any atom is -0.399 e. The molecule has 5 heteroatoms. The summed E-state index contributed by atoms with van der Waals surface area (Å²) in [5.41, 5.74) is 7.37. The van der Waals surface area contributed by atoms with E-state index in [1.54, 1.807) is 28.6 Å². The molecular weight excluding hydrogens is 272 g/mol. The normalized spacial score (nSPS) is 19.9. The van der Waals surface area contributed by atoms with E-state index < -0.39 is 10.0 Å². The van der Waals surface area contributed by atoms with Crippen molar-refractivity contribution >= 4 is 15.7 Å². The predicted octanol–water partition coefficient (Wildman–Crippen LogP) is 2.61. The molecular formula is C15H24N2O2S. The van der Waals surface area contributed by atoms with Crippen molar-refractivity contribution in [2.75, 3.05) is 18.8 Å². The van der Waals surface area contributed by atoms with Crippen molar-refractivity contribution in [3.8, 4) is 0 Å². The molecule has 1 aromatic carbocycles. The van der Waals surface area contributed by atoms with Gasteiger partial charge in [-0.25, -0.2) is 12.7 Å². The van der Waals surface area contributed by atoms with Gasteiger partial charge in [0.25, 0.3) is 0 Å². The third kappa shape index (κ3) is 3.52. The van der Waals surface area contributed by atoms with Crippen molar-refractivity contribution in [3.63, 3.8) is 0 Å². The van der Waals surface area contributed by atoms with Gasteiger partial charge < -0.3 is 5.73 Å². The van der Waals surface area contributed by atoms with Crippen LogP contribution in [0.1, 0.15) is 38.7 Å². The van der Waals surface area contributed by atoms with E-state index in [1.807, 2.05) is 0 Å². The summed E-state index contributed by atoms with van der Waals surface area (Å²) >= 11 is 0. The highest BCUT2D eigenvalue weighted by molar-refractivity contribution is 7.88. The zero-order chi connectivity index (χ0) is 14.8. The maximum Gasteiger partial charge on any atom is 0.218 e. The Labute approximate surface area is 122 Å². The molecule has 1 aliphatic heterocycles. The van der Waals surface area contributed by atoms with Gasteiger partial charge in [0.15, 0.2) is 0 Å². The number of nitrogens with two attached hydrogens (primary N) is 1. The number of nitrogen functional groups attached to an aromatic ring is 1. The molecule has 1 aliphatic rings. The van der Waals surface area contributed by atoms with E-state index in [0.29, 0.717) is 24.2 Å². The lowest BCUT2D eigenvalue weighted by Crippen LogP contribution is -2.42. The molecule has 1 saturated heterocycles. The fourth-order valence-corrected chi connectivity index (χ4v) is 4.11. The number of benzene rings is 1. The molecule has 20 heavy (non-hydrogen) atoms. The van der Waals surface area contributed by atoms with Crippen molar-refractivity contribution in [3.05, 3.63) is 29.8 Å². The monoisotopic (exact) mass is 296 g/mol. The second-order valence-corrected chi connectivity index (χ2v) is 8.03. The van der Waals surface area contributed by atoms with Gasteiger partial charge in [-0.05, 0) is 36.0 Å². The second kappa shape index (κ2) is 5.74. The average molecular weight is 296 g/mol. The summed E-state index contributed by atoms with van der Waals surface area (Å²) in [6, 6.07) is 7.06. The number of rotatable bonds is 4. The summed E-state index contributed by atoms with van der Waals surface area (Å²) in [4.78, 5) is 0. The number of hydrogen-bond acceptors (Lipinski definition) is 3. The maximum absolute atomic E-state index is 12.4. The average Bonchev–Trinajstić information content (AvgIpc) is 2.42. The molecule has 0 atom stereocenters. The highest BCUT2D eigenvalue weighted by Gasteiger charge is 2.33. The van der Waals surface area contributed by atoms with Crippen molar-refractivity contribution in [1.82, 2.24) is 4.31 Å². The number of anilines is 1. The Balaban J connectivity index is 2.03. The number of hydrogen-bond donors (Lipinski definition) is 1. The van der Waals surface area contributed by atoms with Crippen molar-refractivity contribution in [1.29, 1.82) is 0 Å². The first-order valence-corrected chi connectivity index (χ1v) is 8.78. The first-order chi connectivity index (χ1) is 9.35. The topological polar surface area (TPSA) is 63.4 Å². The Morgan fingerprint density at radius 1 is 1.20 bits per heavy atom. The van der Waals surface area contributed by atoms with E-state index in [0.717, 1.165) is 24.8 Å². The smallest absolute Gasteiger partial charge is 0.218 e. The molecule has 4 nitrogen and oxygen atoms in total. The minimum absolute atomic E-state index is 0.0656. The summed E-state index contributed by atoms with van der Waals surface area (Å²) < 4.78 is 26.5. The molecule has 2 rings (SSSR count). The Bertz CT molecular complexity index is 544. The predicted molar refractivity (Wildman–Crippen MR) is 82.7 cm³/mol. The highest BCUT2D eigenvalue weighted by Crippen LogP contribution is 2.35. The van der Waals surface area contributed by atoms with E-state index in [-0.39, 0.29) is 5.75 Å². The van der Waals surface area contributed by atoms with Crippen LogP contribution in [0.5, 0.6) is 0 Å². The van der Waals surface area contributed by atoms with E-state index in [2.05, 4.69) is 13.8 Å². The SMILES string of the molecule is CCC1(C)CCN(S(=O)(=O)Cc2ccc(N)cc2)CC1. The summed E-state index contributed by atoms with van der Waals surface area (Å²) in [6.45, 7) is 5.71. The van der Waals surface area contributed by atoms with Crippen LogP contribution in [0.3, 0.4) is 0 Å². The third-order valence-electron chi connectivity index (χ3n) is 4.51. The lowest BCUT2D eigenvalue weighted by atomic mass is 9.79. The molecule has 0 amide bonds. The van der Waals surface area contributed by atoms with Crippen LogP contribution < -0.4 is 5.73 Å². The first kappa shape index (κ1) is 15.3. The molecule has 112 valence electrons. The Morgan fingerprint density at radius 3 is 2.25 bits per heavy atom. The Morgan fingerprint density at radius 2 is 1.75 bits per heavy atom. The number of nitrogens with zero attached hydrogens (tertiary/aromatic N) is 1. The Kier molecular flexibility index (Phi) is 4.39. The van der Waals surface area contributed by atoms with Crippen LogP contribution in [0, 0.1) is 5.41 Å². The second-order valence-electron chi connectivity index (χ2n) is 6.06. The van der Waals surface area contributed by atoms with Crippen LogP contribution in [-0.2, 0) is 15.8 Å². The summed E-state index contributed by atoms with van der Waals surface area (Å²) in [5, 5.41) is 0. The molecule has 1 fully saturated rings. The van der Waals surface area contributed by atoms with E-state index >= 15 is 0 Å². The zero-order valence-electron chi connectivity index (χ0n) is 12.3. The zero-order valence-corrected chi connectivity index (χ0v) is 13.1. The van der Waals surface area contributed by atoms with Gasteiger partial charge in [-0.2, -0.15) is 0 Å². The van der Waals surface area contributed by atoms with Gasteiger partial charge in [0.1, 0.15) is 0 Å². The van der Waals surface area contributed by atoms with Crippen LogP contribution in [0.2, 0.25) is 0 Å². The lowest BCUT2D eigenvalue weighted by molar-refractivity contribution is 0.169. The van der Waals surface area contributed by atoms with Crippen LogP contribution in [0.4, 0.5) is 5.69 Å². The third-order valence-corrected chi connectivity index (χ3v) is 6.36. The fraction of sp³-hybridized carbons (Fsp3) is 0.600.